The lowest BCUT2D eigenvalue weighted by atomic mass is 9.79. The van der Waals surface area contributed by atoms with Crippen LogP contribution in [0.5, 0.6) is 0 Å². The van der Waals surface area contributed by atoms with Gasteiger partial charge in [-0.25, -0.2) is 0 Å². The zero-order valence-electron chi connectivity index (χ0n) is 8.21. The molecule has 2 N–H and O–H groups in total. The highest BCUT2D eigenvalue weighted by Crippen LogP contribution is 2.23. The lowest BCUT2D eigenvalue weighted by molar-refractivity contribution is 0.425. The number of pyridine rings is 1. The summed E-state index contributed by atoms with van der Waals surface area (Å²) in [5.41, 5.74) is 0.531. The van der Waals surface area contributed by atoms with Gasteiger partial charge in [0.2, 0.25) is 0 Å². The van der Waals surface area contributed by atoms with E-state index in [-0.39, 0.29) is 0 Å². The average molecular weight is 219 g/mol. The van der Waals surface area contributed by atoms with Crippen molar-refractivity contribution < 1.29 is 10.0 Å². The van der Waals surface area contributed by atoms with E-state index in [0.29, 0.717) is 5.46 Å². The molecule has 1 heterocycles. The summed E-state index contributed by atoms with van der Waals surface area (Å²) in [6.07, 6.45) is 5.38. The van der Waals surface area contributed by atoms with Crippen molar-refractivity contribution in [3.8, 4) is 0 Å². The van der Waals surface area contributed by atoms with Gasteiger partial charge in [-0.1, -0.05) is 12.1 Å². The Hall–Kier alpha value is -1.04. The molecule has 15 heavy (non-hydrogen) atoms. The minimum absolute atomic E-state index is 0.531. The third kappa shape index (κ3) is 1.86. The first-order valence-electron chi connectivity index (χ1n) is 4.51. The lowest BCUT2D eigenvalue weighted by Gasteiger charge is -2.09. The quantitative estimate of drug-likeness (QED) is 0.574. The molecule has 5 heteroatoms. The van der Waals surface area contributed by atoms with Crippen molar-refractivity contribution in [2.75, 3.05) is 6.26 Å². The summed E-state index contributed by atoms with van der Waals surface area (Å²) in [6.45, 7) is 0. The maximum absolute atomic E-state index is 9.22. The topological polar surface area (TPSA) is 53.4 Å². The number of nitrogens with zero attached hydrogens (tertiary/aromatic N) is 1. The molecule has 0 unspecified atom stereocenters. The minimum atomic E-state index is -1.43. The fraction of sp³-hybridized carbons (Fsp3) is 0.100. The van der Waals surface area contributed by atoms with Gasteiger partial charge in [-0.05, 0) is 23.2 Å². The van der Waals surface area contributed by atoms with Gasteiger partial charge in [0.1, 0.15) is 0 Å². The zero-order chi connectivity index (χ0) is 10.8. The largest absolute Gasteiger partial charge is 0.489 e. The Bertz CT molecular complexity index is 490. The highest BCUT2D eigenvalue weighted by molar-refractivity contribution is 7.99. The number of thioether (sulfide) groups is 1. The van der Waals surface area contributed by atoms with Crippen molar-refractivity contribution in [3.63, 3.8) is 0 Å². The number of aromatic nitrogens is 1. The monoisotopic (exact) mass is 219 g/mol. The van der Waals surface area contributed by atoms with Gasteiger partial charge in [0.25, 0.3) is 0 Å². The molecule has 0 aliphatic carbocycles. The van der Waals surface area contributed by atoms with E-state index < -0.39 is 7.12 Å². The fourth-order valence-electron chi connectivity index (χ4n) is 1.58. The molecule has 0 bridgehead atoms. The molecule has 0 atom stereocenters. The summed E-state index contributed by atoms with van der Waals surface area (Å²) in [7, 11) is -1.43. The number of rotatable bonds is 2. The Morgan fingerprint density at radius 2 is 2.07 bits per heavy atom. The van der Waals surface area contributed by atoms with Crippen molar-refractivity contribution in [3.05, 3.63) is 30.6 Å². The number of hydrogen-bond donors (Lipinski definition) is 2. The van der Waals surface area contributed by atoms with E-state index in [1.165, 1.54) is 11.8 Å². The Kier molecular flexibility index (Phi) is 2.95. The molecule has 2 aromatic rings. The van der Waals surface area contributed by atoms with Crippen molar-refractivity contribution in [2.24, 2.45) is 0 Å². The van der Waals surface area contributed by atoms with Crippen LogP contribution in [0.4, 0.5) is 0 Å². The third-order valence-electron chi connectivity index (χ3n) is 2.29. The maximum atomic E-state index is 9.22. The van der Waals surface area contributed by atoms with E-state index in [9.17, 15) is 10.0 Å². The van der Waals surface area contributed by atoms with Gasteiger partial charge in [0.05, 0.1) is 0 Å². The molecular weight excluding hydrogens is 209 g/mol. The van der Waals surface area contributed by atoms with Gasteiger partial charge in [-0.2, -0.15) is 0 Å². The van der Waals surface area contributed by atoms with Crippen LogP contribution in [0.1, 0.15) is 0 Å². The Morgan fingerprint density at radius 3 is 2.73 bits per heavy atom. The van der Waals surface area contributed by atoms with Gasteiger partial charge in [-0.3, -0.25) is 4.98 Å². The minimum Gasteiger partial charge on any atom is -0.423 e. The summed E-state index contributed by atoms with van der Waals surface area (Å²) in [5.74, 6) is 0. The smallest absolute Gasteiger partial charge is 0.423 e. The second-order valence-corrected chi connectivity index (χ2v) is 3.98. The summed E-state index contributed by atoms with van der Waals surface area (Å²) in [5, 5.41) is 20.4. The van der Waals surface area contributed by atoms with Gasteiger partial charge in [0, 0.05) is 22.7 Å². The first kappa shape index (κ1) is 10.5. The van der Waals surface area contributed by atoms with Crippen LogP contribution in [0.15, 0.2) is 35.5 Å². The predicted octanol–water partition coefficient (Wildman–Crippen LogP) is 0.636. The normalized spacial score (nSPS) is 10.6. The Balaban J connectivity index is 2.75. The second kappa shape index (κ2) is 4.22. The second-order valence-electron chi connectivity index (χ2n) is 3.16. The molecule has 76 valence electrons. The van der Waals surface area contributed by atoms with Crippen molar-refractivity contribution >= 4 is 35.1 Å². The van der Waals surface area contributed by atoms with Crippen LogP contribution in [-0.4, -0.2) is 28.4 Å². The summed E-state index contributed by atoms with van der Waals surface area (Å²) in [6, 6.07) is 5.51. The molecule has 0 aliphatic heterocycles. The molecule has 3 nitrogen and oxygen atoms in total. The SMILES string of the molecule is CSc1c(B(O)O)ccc2ccncc12. The van der Waals surface area contributed by atoms with E-state index in [1.807, 2.05) is 18.4 Å². The highest BCUT2D eigenvalue weighted by atomic mass is 32.2. The molecule has 1 aromatic heterocycles. The van der Waals surface area contributed by atoms with Crippen LogP contribution in [0.25, 0.3) is 10.8 Å². The van der Waals surface area contributed by atoms with Crippen molar-refractivity contribution in [1.29, 1.82) is 0 Å². The summed E-state index contributed by atoms with van der Waals surface area (Å²) < 4.78 is 0. The van der Waals surface area contributed by atoms with E-state index in [1.54, 1.807) is 18.5 Å². The molecule has 0 spiro atoms. The van der Waals surface area contributed by atoms with E-state index in [4.69, 9.17) is 0 Å². The zero-order valence-corrected chi connectivity index (χ0v) is 9.03. The van der Waals surface area contributed by atoms with Crippen LogP contribution in [0, 0.1) is 0 Å². The average Bonchev–Trinajstić information content (AvgIpc) is 2.27. The molecule has 0 radical (unpaired) electrons. The standard InChI is InChI=1S/C10H10BNO2S/c1-15-10-8-6-12-5-4-7(8)2-3-9(10)11(13)14/h2-6,13-14H,1H3. The Morgan fingerprint density at radius 1 is 1.27 bits per heavy atom. The molecular formula is C10H10BNO2S. The van der Waals surface area contributed by atoms with Crippen molar-refractivity contribution in [1.82, 2.24) is 4.98 Å². The van der Waals surface area contributed by atoms with Crippen molar-refractivity contribution in [2.45, 2.75) is 4.90 Å². The first-order chi connectivity index (χ1) is 7.24. The number of hydrogen-bond acceptors (Lipinski definition) is 4. The molecule has 0 fully saturated rings. The van der Waals surface area contributed by atoms with Crippen LogP contribution < -0.4 is 5.46 Å². The highest BCUT2D eigenvalue weighted by Gasteiger charge is 2.17. The van der Waals surface area contributed by atoms with Gasteiger partial charge in [0.15, 0.2) is 0 Å². The Labute approximate surface area is 92.3 Å². The van der Waals surface area contributed by atoms with Crippen LogP contribution >= 0.6 is 11.8 Å². The van der Waals surface area contributed by atoms with E-state index in [0.717, 1.165) is 15.7 Å². The number of benzene rings is 1. The molecule has 0 aliphatic rings. The molecule has 1 aromatic carbocycles. The van der Waals surface area contributed by atoms with Gasteiger partial charge < -0.3 is 10.0 Å². The lowest BCUT2D eigenvalue weighted by Crippen LogP contribution is -2.31. The van der Waals surface area contributed by atoms with E-state index >= 15 is 0 Å². The summed E-state index contributed by atoms with van der Waals surface area (Å²) >= 11 is 1.49. The van der Waals surface area contributed by atoms with E-state index in [2.05, 4.69) is 4.98 Å². The molecule has 2 rings (SSSR count). The third-order valence-corrected chi connectivity index (χ3v) is 3.15. The van der Waals surface area contributed by atoms with Crippen LogP contribution in [-0.2, 0) is 0 Å². The molecule has 0 amide bonds. The van der Waals surface area contributed by atoms with Crippen LogP contribution in [0.3, 0.4) is 0 Å². The van der Waals surface area contributed by atoms with Gasteiger partial charge in [-0.15, -0.1) is 11.8 Å². The number of fused-ring (bicyclic) bond motifs is 1. The maximum Gasteiger partial charge on any atom is 0.489 e. The summed E-state index contributed by atoms with van der Waals surface area (Å²) in [4.78, 5) is 4.92. The fourth-order valence-corrected chi connectivity index (χ4v) is 2.38. The van der Waals surface area contributed by atoms with Crippen LogP contribution in [0.2, 0.25) is 0 Å². The molecule has 0 saturated carbocycles. The first-order valence-corrected chi connectivity index (χ1v) is 5.73. The van der Waals surface area contributed by atoms with Gasteiger partial charge >= 0.3 is 7.12 Å². The predicted molar refractivity (Wildman–Crippen MR) is 63.3 cm³/mol. The molecule has 0 saturated heterocycles.